The van der Waals surface area contributed by atoms with Gasteiger partial charge in [-0.05, 0) is 30.5 Å². The Hall–Kier alpha value is -2.00. The van der Waals surface area contributed by atoms with Gasteiger partial charge >= 0.3 is 6.18 Å². The molecule has 3 nitrogen and oxygen atoms in total. The molecular weight excluding hydrogens is 293 g/mol. The second kappa shape index (κ2) is 6.84. The van der Waals surface area contributed by atoms with Crippen molar-refractivity contribution >= 4 is 5.91 Å². The van der Waals surface area contributed by atoms with Gasteiger partial charge in [0, 0.05) is 12.6 Å². The maximum absolute atomic E-state index is 12.5. The maximum Gasteiger partial charge on any atom is 0.416 e. The first kappa shape index (κ1) is 16.4. The van der Waals surface area contributed by atoms with Gasteiger partial charge in [0.25, 0.3) is 0 Å². The summed E-state index contributed by atoms with van der Waals surface area (Å²) in [6.07, 6.45) is 2.76. The minimum atomic E-state index is -4.33. The lowest BCUT2D eigenvalue weighted by atomic mass is 10.1. The fourth-order valence-corrected chi connectivity index (χ4v) is 2.18. The van der Waals surface area contributed by atoms with Crippen LogP contribution in [0.1, 0.15) is 24.0 Å². The molecule has 2 rings (SSSR count). The number of alkyl halides is 3. The quantitative estimate of drug-likeness (QED) is 0.819. The molecule has 0 spiro atoms. The third-order valence-corrected chi connectivity index (χ3v) is 3.46. The fraction of sp³-hybridized carbons (Fsp3) is 0.438. The Kier molecular flexibility index (Phi) is 5.09. The Balaban J connectivity index is 1.96. The van der Waals surface area contributed by atoms with E-state index in [1.807, 2.05) is 4.90 Å². The highest BCUT2D eigenvalue weighted by atomic mass is 19.4. The van der Waals surface area contributed by atoms with E-state index in [1.165, 1.54) is 12.1 Å². The number of carbonyl (C=O) groups is 1. The molecule has 0 heterocycles. The normalized spacial score (nSPS) is 14.7. The van der Waals surface area contributed by atoms with Crippen molar-refractivity contribution < 1.29 is 18.0 Å². The van der Waals surface area contributed by atoms with E-state index >= 15 is 0 Å². The molecule has 1 aromatic carbocycles. The van der Waals surface area contributed by atoms with Crippen LogP contribution in [0, 0.1) is 12.3 Å². The molecule has 118 valence electrons. The molecule has 6 heteroatoms. The van der Waals surface area contributed by atoms with E-state index in [9.17, 15) is 18.0 Å². The summed E-state index contributed by atoms with van der Waals surface area (Å²) in [6, 6.07) is 5.37. The lowest BCUT2D eigenvalue weighted by Gasteiger charge is -2.21. The lowest BCUT2D eigenvalue weighted by molar-refractivity contribution is -0.137. The number of rotatable bonds is 6. The Morgan fingerprint density at radius 3 is 2.45 bits per heavy atom. The van der Waals surface area contributed by atoms with E-state index in [0.29, 0.717) is 12.6 Å². The molecule has 0 saturated heterocycles. The van der Waals surface area contributed by atoms with E-state index in [1.54, 1.807) is 0 Å². The van der Waals surface area contributed by atoms with E-state index in [4.69, 9.17) is 6.42 Å². The Labute approximate surface area is 127 Å². The topological polar surface area (TPSA) is 32.3 Å². The summed E-state index contributed by atoms with van der Waals surface area (Å²) in [4.78, 5) is 13.7. The monoisotopic (exact) mass is 310 g/mol. The highest BCUT2D eigenvalue weighted by Gasteiger charge is 2.32. The number of carbonyl (C=O) groups excluding carboxylic acids is 1. The van der Waals surface area contributed by atoms with E-state index in [2.05, 4.69) is 11.2 Å². The van der Waals surface area contributed by atoms with Crippen LogP contribution in [0.3, 0.4) is 0 Å². The smallest absolute Gasteiger partial charge is 0.344 e. The van der Waals surface area contributed by atoms with Crippen LogP contribution in [0.25, 0.3) is 0 Å². The van der Waals surface area contributed by atoms with Crippen LogP contribution < -0.4 is 5.32 Å². The molecule has 1 fully saturated rings. The average Bonchev–Trinajstić information content (AvgIpc) is 3.28. The van der Waals surface area contributed by atoms with Gasteiger partial charge < -0.3 is 5.32 Å². The molecule has 0 unspecified atom stereocenters. The number of benzene rings is 1. The van der Waals surface area contributed by atoms with Crippen LogP contribution in [-0.4, -0.2) is 29.9 Å². The first-order valence-electron chi connectivity index (χ1n) is 7.00. The van der Waals surface area contributed by atoms with Crippen molar-refractivity contribution in [2.75, 3.05) is 13.1 Å². The van der Waals surface area contributed by atoms with Gasteiger partial charge in [0.2, 0.25) is 5.91 Å². The summed E-state index contributed by atoms with van der Waals surface area (Å²) in [7, 11) is 0. The Morgan fingerprint density at radius 2 is 1.95 bits per heavy atom. The number of nitrogens with zero attached hydrogens (tertiary/aromatic N) is 1. The van der Waals surface area contributed by atoms with Crippen LogP contribution in [-0.2, 0) is 17.5 Å². The van der Waals surface area contributed by atoms with Crippen LogP contribution in [0.2, 0.25) is 0 Å². The third-order valence-electron chi connectivity index (χ3n) is 3.46. The summed E-state index contributed by atoms with van der Waals surface area (Å²) in [5, 5.41) is 2.59. The number of nitrogens with one attached hydrogen (secondary N) is 1. The zero-order chi connectivity index (χ0) is 16.2. The van der Waals surface area contributed by atoms with Gasteiger partial charge in [0.05, 0.1) is 18.7 Å². The van der Waals surface area contributed by atoms with Crippen LogP contribution >= 0.6 is 0 Å². The molecule has 1 amide bonds. The predicted molar refractivity (Wildman–Crippen MR) is 76.7 cm³/mol. The Bertz CT molecular complexity index is 556. The van der Waals surface area contributed by atoms with Gasteiger partial charge in [-0.25, -0.2) is 0 Å². The SMILES string of the molecule is C#CCNC(=O)CN(Cc1ccc(C(F)(F)F)cc1)C1CC1. The number of halogens is 3. The van der Waals surface area contributed by atoms with Gasteiger partial charge in [-0.3, -0.25) is 9.69 Å². The first-order valence-corrected chi connectivity index (χ1v) is 7.00. The fourth-order valence-electron chi connectivity index (χ4n) is 2.18. The molecular formula is C16H17F3N2O. The second-order valence-corrected chi connectivity index (χ2v) is 5.31. The molecule has 1 aromatic rings. The first-order chi connectivity index (χ1) is 10.4. The number of hydrogen-bond acceptors (Lipinski definition) is 2. The number of terminal acetylenes is 1. The maximum atomic E-state index is 12.5. The molecule has 0 atom stereocenters. The number of amides is 1. The van der Waals surface area contributed by atoms with Gasteiger partial charge in [-0.15, -0.1) is 6.42 Å². The van der Waals surface area contributed by atoms with Crippen LogP contribution in [0.15, 0.2) is 24.3 Å². The zero-order valence-corrected chi connectivity index (χ0v) is 12.0. The minimum absolute atomic E-state index is 0.170. The highest BCUT2D eigenvalue weighted by molar-refractivity contribution is 5.78. The van der Waals surface area contributed by atoms with Gasteiger partial charge in [-0.1, -0.05) is 18.1 Å². The molecule has 0 aromatic heterocycles. The molecule has 0 aliphatic heterocycles. The van der Waals surface area contributed by atoms with Crippen molar-refractivity contribution in [2.45, 2.75) is 31.6 Å². The van der Waals surface area contributed by atoms with Crippen LogP contribution in [0.4, 0.5) is 13.2 Å². The molecule has 0 bridgehead atoms. The van der Waals surface area contributed by atoms with Crippen molar-refractivity contribution in [3.05, 3.63) is 35.4 Å². The van der Waals surface area contributed by atoms with Crippen molar-refractivity contribution in [3.63, 3.8) is 0 Å². The average molecular weight is 310 g/mol. The highest BCUT2D eigenvalue weighted by Crippen LogP contribution is 2.31. The molecule has 22 heavy (non-hydrogen) atoms. The summed E-state index contributed by atoms with van der Waals surface area (Å²) < 4.78 is 37.6. The zero-order valence-electron chi connectivity index (χ0n) is 12.0. The van der Waals surface area contributed by atoms with Crippen molar-refractivity contribution in [3.8, 4) is 12.3 Å². The predicted octanol–water partition coefficient (Wildman–Crippen LogP) is 2.42. The standard InChI is InChI=1S/C16H17F3N2O/c1-2-9-20-15(22)11-21(14-7-8-14)10-12-3-5-13(6-4-12)16(17,18)19/h1,3-6,14H,7-11H2,(H,20,22). The van der Waals surface area contributed by atoms with Crippen LogP contribution in [0.5, 0.6) is 0 Å². The van der Waals surface area contributed by atoms with Gasteiger partial charge in [0.1, 0.15) is 0 Å². The summed E-state index contributed by atoms with van der Waals surface area (Å²) >= 11 is 0. The summed E-state index contributed by atoms with van der Waals surface area (Å²) in [5.74, 6) is 2.16. The molecule has 1 aliphatic carbocycles. The number of hydrogen-bond donors (Lipinski definition) is 1. The van der Waals surface area contributed by atoms with Gasteiger partial charge in [-0.2, -0.15) is 13.2 Å². The second-order valence-electron chi connectivity index (χ2n) is 5.31. The lowest BCUT2D eigenvalue weighted by Crippen LogP contribution is -2.38. The summed E-state index contributed by atoms with van der Waals surface area (Å²) in [6.45, 7) is 0.831. The van der Waals surface area contributed by atoms with Crippen molar-refractivity contribution in [1.82, 2.24) is 10.2 Å². The van der Waals surface area contributed by atoms with E-state index in [-0.39, 0.29) is 19.0 Å². The van der Waals surface area contributed by atoms with Crippen molar-refractivity contribution in [1.29, 1.82) is 0 Å². The molecule has 1 N–H and O–H groups in total. The van der Waals surface area contributed by atoms with Gasteiger partial charge in [0.15, 0.2) is 0 Å². The largest absolute Gasteiger partial charge is 0.416 e. The van der Waals surface area contributed by atoms with E-state index in [0.717, 1.165) is 30.5 Å². The minimum Gasteiger partial charge on any atom is -0.344 e. The van der Waals surface area contributed by atoms with E-state index < -0.39 is 11.7 Å². The summed E-state index contributed by atoms with van der Waals surface area (Å²) in [5.41, 5.74) is 0.0886. The van der Waals surface area contributed by atoms with Crippen molar-refractivity contribution in [2.24, 2.45) is 0 Å². The molecule has 0 radical (unpaired) electrons. The molecule has 1 saturated carbocycles. The Morgan fingerprint density at radius 1 is 1.32 bits per heavy atom. The molecule has 1 aliphatic rings. The third kappa shape index (κ3) is 4.78.